The fourth-order valence-corrected chi connectivity index (χ4v) is 5.13. The van der Waals surface area contributed by atoms with E-state index in [1.54, 1.807) is 17.4 Å². The molecule has 0 aliphatic heterocycles. The zero-order chi connectivity index (χ0) is 21.7. The van der Waals surface area contributed by atoms with Crippen LogP contribution in [-0.4, -0.2) is 16.1 Å². The van der Waals surface area contributed by atoms with Crippen molar-refractivity contribution in [1.82, 2.24) is 4.57 Å². The summed E-state index contributed by atoms with van der Waals surface area (Å²) < 4.78 is 3.18. The Hall–Kier alpha value is -2.92. The Balaban J connectivity index is 1.48. The van der Waals surface area contributed by atoms with E-state index < -0.39 is 0 Å². The van der Waals surface area contributed by atoms with Gasteiger partial charge in [-0.25, -0.2) is 0 Å². The molecule has 152 valence electrons. The lowest BCUT2D eigenvalue weighted by Crippen LogP contribution is -1.99. The summed E-state index contributed by atoms with van der Waals surface area (Å²) in [6.07, 6.45) is 5.82. The van der Waals surface area contributed by atoms with Crippen LogP contribution in [0.4, 0.5) is 0 Å². The summed E-state index contributed by atoms with van der Waals surface area (Å²) in [5, 5.41) is 0.529. The lowest BCUT2D eigenvalue weighted by atomic mass is 10.1. The highest BCUT2D eigenvalue weighted by atomic mass is 35.5. The van der Waals surface area contributed by atoms with Crippen LogP contribution in [0.5, 0.6) is 0 Å². The van der Waals surface area contributed by atoms with Gasteiger partial charge in [-0.1, -0.05) is 59.6 Å². The van der Waals surface area contributed by atoms with Gasteiger partial charge in [0.05, 0.1) is 25.8 Å². The van der Waals surface area contributed by atoms with Crippen molar-refractivity contribution in [1.29, 1.82) is 0 Å². The quantitative estimate of drug-likeness (QED) is 0.238. The molecule has 0 saturated heterocycles. The highest BCUT2D eigenvalue weighted by molar-refractivity contribution is 7.19. The van der Waals surface area contributed by atoms with Gasteiger partial charge in [-0.3, -0.25) is 9.59 Å². The molecule has 2 aromatic carbocycles. The van der Waals surface area contributed by atoms with Gasteiger partial charge in [0, 0.05) is 28.7 Å². The van der Waals surface area contributed by atoms with E-state index in [9.17, 15) is 9.59 Å². The molecule has 0 unspecified atom stereocenters. The summed E-state index contributed by atoms with van der Waals surface area (Å²) in [5.41, 5.74) is 4.01. The summed E-state index contributed by atoms with van der Waals surface area (Å²) in [5.74, 6) is -0.634. The molecular formula is C25H15Cl2NO2S. The van der Waals surface area contributed by atoms with Crippen molar-refractivity contribution >= 4 is 74.5 Å². The van der Waals surface area contributed by atoms with Crippen LogP contribution in [0.15, 0.2) is 60.2 Å². The summed E-state index contributed by atoms with van der Waals surface area (Å²) in [7, 11) is 2.00. The molecule has 0 N–H and O–H groups in total. The molecule has 0 fully saturated rings. The van der Waals surface area contributed by atoms with Crippen LogP contribution in [0.3, 0.4) is 0 Å². The predicted octanol–water partition coefficient (Wildman–Crippen LogP) is 7.18. The molecule has 0 bridgehead atoms. The zero-order valence-corrected chi connectivity index (χ0v) is 18.7. The number of nitrogens with zero attached hydrogens (tertiary/aromatic N) is 1. The van der Waals surface area contributed by atoms with Gasteiger partial charge in [0.25, 0.3) is 0 Å². The Kier molecular flexibility index (Phi) is 4.94. The molecule has 5 rings (SSSR count). The smallest absolute Gasteiger partial charge is 0.197 e. The normalized spacial score (nSPS) is 13.6. The fourth-order valence-electron chi connectivity index (χ4n) is 3.72. The molecule has 3 nitrogen and oxygen atoms in total. The van der Waals surface area contributed by atoms with Crippen molar-refractivity contribution < 1.29 is 9.59 Å². The van der Waals surface area contributed by atoms with Crippen molar-refractivity contribution in [2.24, 2.45) is 7.05 Å². The van der Waals surface area contributed by atoms with E-state index in [1.165, 1.54) is 12.1 Å². The highest BCUT2D eigenvalue weighted by Gasteiger charge is 2.34. The maximum atomic E-state index is 12.8. The molecule has 0 atom stereocenters. The van der Waals surface area contributed by atoms with Gasteiger partial charge in [0.15, 0.2) is 11.6 Å². The Labute approximate surface area is 192 Å². The molecular weight excluding hydrogens is 449 g/mol. The molecule has 0 spiro atoms. The molecule has 1 aliphatic carbocycles. The van der Waals surface area contributed by atoms with Crippen molar-refractivity contribution in [3.05, 3.63) is 97.5 Å². The number of rotatable bonds is 3. The summed E-state index contributed by atoms with van der Waals surface area (Å²) in [6.45, 7) is 0. The Morgan fingerprint density at radius 2 is 1.52 bits per heavy atom. The third-order valence-corrected chi connectivity index (χ3v) is 7.10. The number of hydrogen-bond donors (Lipinski definition) is 0. The summed E-state index contributed by atoms with van der Waals surface area (Å²) in [6, 6.07) is 17.2. The molecule has 1 aliphatic rings. The number of allylic oxidation sites excluding steroid dienone is 1. The molecule has 31 heavy (non-hydrogen) atoms. The summed E-state index contributed by atoms with van der Waals surface area (Å²) >= 11 is 13.6. The second kappa shape index (κ2) is 7.65. The van der Waals surface area contributed by atoms with Crippen LogP contribution >= 0.6 is 34.5 Å². The average molecular weight is 464 g/mol. The first-order valence-electron chi connectivity index (χ1n) is 9.55. The predicted molar refractivity (Wildman–Crippen MR) is 129 cm³/mol. The van der Waals surface area contributed by atoms with E-state index in [2.05, 4.69) is 34.9 Å². The minimum Gasteiger partial charge on any atom is -0.343 e. The van der Waals surface area contributed by atoms with Crippen molar-refractivity contribution in [2.75, 3.05) is 0 Å². The topological polar surface area (TPSA) is 39.1 Å². The third kappa shape index (κ3) is 3.47. The Bertz CT molecular complexity index is 1400. The molecule has 0 saturated carbocycles. The van der Waals surface area contributed by atoms with E-state index >= 15 is 0 Å². The highest BCUT2D eigenvalue weighted by Crippen LogP contribution is 2.36. The van der Waals surface area contributed by atoms with Crippen LogP contribution in [0.2, 0.25) is 10.0 Å². The minimum absolute atomic E-state index is 0.143. The molecule has 2 aromatic heterocycles. The lowest BCUT2D eigenvalue weighted by molar-refractivity contribution is 0.0990. The number of benzene rings is 2. The van der Waals surface area contributed by atoms with Crippen molar-refractivity contribution in [3.8, 4) is 0 Å². The van der Waals surface area contributed by atoms with E-state index in [-0.39, 0.29) is 27.2 Å². The molecule has 0 radical (unpaired) electrons. The van der Waals surface area contributed by atoms with Gasteiger partial charge in [0.1, 0.15) is 0 Å². The van der Waals surface area contributed by atoms with Gasteiger partial charge in [-0.2, -0.15) is 0 Å². The fraction of sp³-hybridized carbons (Fsp3) is 0.0400. The van der Waals surface area contributed by atoms with Gasteiger partial charge in [-0.05, 0) is 42.0 Å². The van der Waals surface area contributed by atoms with E-state index in [4.69, 9.17) is 23.2 Å². The Morgan fingerprint density at radius 1 is 0.871 bits per heavy atom. The van der Waals surface area contributed by atoms with Crippen LogP contribution in [-0.2, 0) is 7.05 Å². The number of aromatic nitrogens is 1. The number of Topliss-reactive ketones (excluding diaryl/α,β-unsaturated/α-hetero) is 2. The van der Waals surface area contributed by atoms with Gasteiger partial charge >= 0.3 is 0 Å². The number of thiophene rings is 1. The number of hydrogen-bond acceptors (Lipinski definition) is 3. The first-order valence-corrected chi connectivity index (χ1v) is 11.1. The largest absolute Gasteiger partial charge is 0.343 e. The number of halogens is 2. The number of carbonyl (C=O) groups excluding carboxylic acids is 2. The van der Waals surface area contributed by atoms with Crippen LogP contribution in [0.1, 0.15) is 36.9 Å². The minimum atomic E-state index is -0.317. The maximum Gasteiger partial charge on any atom is 0.197 e. The number of fused-ring (bicyclic) bond motifs is 2. The monoisotopic (exact) mass is 463 g/mol. The number of ketones is 2. The van der Waals surface area contributed by atoms with E-state index in [0.29, 0.717) is 11.1 Å². The first kappa shape index (κ1) is 20.0. The lowest BCUT2D eigenvalue weighted by Gasteiger charge is -1.98. The maximum absolute atomic E-state index is 12.8. The first-order chi connectivity index (χ1) is 14.9. The molecule has 6 heteroatoms. The van der Waals surface area contributed by atoms with Crippen LogP contribution in [0.25, 0.3) is 28.4 Å². The van der Waals surface area contributed by atoms with Gasteiger partial charge in [-0.15, -0.1) is 11.3 Å². The second-order valence-electron chi connectivity index (χ2n) is 7.30. The Morgan fingerprint density at radius 3 is 2.13 bits per heavy atom. The van der Waals surface area contributed by atoms with Crippen LogP contribution in [0, 0.1) is 0 Å². The molecule has 2 heterocycles. The SMILES string of the molecule is Cn1c(/C=C/c2ccccc2)cc2sc(C=C3C(=O)c4cc(Cl)c(Cl)cc4C3=O)cc21. The number of aryl methyl sites for hydroxylation is 1. The summed E-state index contributed by atoms with van der Waals surface area (Å²) in [4.78, 5) is 26.4. The average Bonchev–Trinajstić information content (AvgIpc) is 3.36. The third-order valence-electron chi connectivity index (χ3n) is 5.36. The van der Waals surface area contributed by atoms with Crippen LogP contribution < -0.4 is 0 Å². The van der Waals surface area contributed by atoms with E-state index in [1.807, 2.05) is 31.3 Å². The standard InChI is InChI=1S/C25H15Cl2NO2S/c1-28-15(8-7-14-5-3-2-4-6-14)9-23-22(28)11-16(31-23)10-19-24(29)17-12-20(26)21(27)13-18(17)25(19)30/h2-13H,1H3/b8-7+. The van der Waals surface area contributed by atoms with E-state index in [0.717, 1.165) is 26.4 Å². The zero-order valence-electron chi connectivity index (χ0n) is 16.4. The van der Waals surface area contributed by atoms with Gasteiger partial charge in [0.2, 0.25) is 0 Å². The number of carbonyl (C=O) groups is 2. The van der Waals surface area contributed by atoms with Crippen molar-refractivity contribution in [3.63, 3.8) is 0 Å². The molecule has 0 amide bonds. The van der Waals surface area contributed by atoms with Crippen molar-refractivity contribution in [2.45, 2.75) is 0 Å². The molecule has 4 aromatic rings. The van der Waals surface area contributed by atoms with Gasteiger partial charge < -0.3 is 4.57 Å². The second-order valence-corrected chi connectivity index (χ2v) is 9.23.